The predicted octanol–water partition coefficient (Wildman–Crippen LogP) is 1.49. The Morgan fingerprint density at radius 2 is 2.25 bits per heavy atom. The molecule has 2 unspecified atom stereocenters. The first-order chi connectivity index (χ1) is 5.48. The Kier molecular flexibility index (Phi) is 2.35. The quantitative estimate of drug-likeness (QED) is 0.465. The fourth-order valence-corrected chi connectivity index (χ4v) is 1.18. The van der Waals surface area contributed by atoms with Crippen LogP contribution in [0.25, 0.3) is 0 Å². The lowest BCUT2D eigenvalue weighted by Crippen LogP contribution is -2.40. The highest BCUT2D eigenvalue weighted by molar-refractivity contribution is 6.00. The van der Waals surface area contributed by atoms with Crippen LogP contribution in [-0.4, -0.2) is 18.0 Å². The maximum Gasteiger partial charge on any atom is 0.193 e. The summed E-state index contributed by atoms with van der Waals surface area (Å²) in [5.74, 6) is 0.00852. The van der Waals surface area contributed by atoms with Crippen molar-refractivity contribution in [2.75, 3.05) is 6.61 Å². The normalized spacial score (nSPS) is 35.1. The maximum atomic E-state index is 11.6. The second-order valence-electron chi connectivity index (χ2n) is 3.49. The Labute approximate surface area is 72.3 Å². The van der Waals surface area contributed by atoms with Crippen molar-refractivity contribution >= 4 is 5.78 Å². The monoisotopic (exact) mass is 170 g/mol. The van der Waals surface area contributed by atoms with Gasteiger partial charge in [-0.3, -0.25) is 4.79 Å². The molecule has 0 aromatic rings. The molecule has 0 aliphatic carbocycles. The van der Waals surface area contributed by atoms with E-state index < -0.39 is 5.60 Å². The Morgan fingerprint density at radius 3 is 2.58 bits per heavy atom. The largest absolute Gasteiger partial charge is 0.291 e. The van der Waals surface area contributed by atoms with E-state index in [0.29, 0.717) is 12.2 Å². The van der Waals surface area contributed by atoms with E-state index in [1.54, 1.807) is 13.8 Å². The van der Waals surface area contributed by atoms with Crippen molar-refractivity contribution in [3.05, 3.63) is 12.2 Å². The van der Waals surface area contributed by atoms with E-state index in [1.807, 2.05) is 6.92 Å². The summed E-state index contributed by atoms with van der Waals surface area (Å²) in [7, 11) is 0. The van der Waals surface area contributed by atoms with Gasteiger partial charge in [0.2, 0.25) is 0 Å². The molecule has 0 spiro atoms. The lowest BCUT2D eigenvalue weighted by molar-refractivity contribution is -0.295. The van der Waals surface area contributed by atoms with E-state index >= 15 is 0 Å². The van der Waals surface area contributed by atoms with Gasteiger partial charge in [0.25, 0.3) is 0 Å². The highest BCUT2D eigenvalue weighted by Gasteiger charge is 2.45. The van der Waals surface area contributed by atoms with Gasteiger partial charge in [0.05, 0.1) is 6.61 Å². The SMILES string of the molecule is C=C(C)C(=O)C1(C)OOCC1C. The third-order valence-electron chi connectivity index (χ3n) is 2.33. The van der Waals surface area contributed by atoms with Crippen molar-refractivity contribution in [2.45, 2.75) is 26.4 Å². The third kappa shape index (κ3) is 1.30. The summed E-state index contributed by atoms with van der Waals surface area (Å²) in [5, 5.41) is 0. The van der Waals surface area contributed by atoms with Gasteiger partial charge in [-0.2, -0.15) is 0 Å². The van der Waals surface area contributed by atoms with Crippen LogP contribution >= 0.6 is 0 Å². The molecule has 0 aromatic heterocycles. The minimum atomic E-state index is -0.828. The molecule has 0 bridgehead atoms. The van der Waals surface area contributed by atoms with Gasteiger partial charge in [0.15, 0.2) is 11.4 Å². The van der Waals surface area contributed by atoms with Crippen LogP contribution in [-0.2, 0) is 14.6 Å². The van der Waals surface area contributed by atoms with E-state index in [-0.39, 0.29) is 11.7 Å². The Bertz CT molecular complexity index is 222. The third-order valence-corrected chi connectivity index (χ3v) is 2.33. The molecule has 0 radical (unpaired) electrons. The number of carbonyl (C=O) groups excluding carboxylic acids is 1. The van der Waals surface area contributed by atoms with E-state index in [9.17, 15) is 4.79 Å². The number of ketones is 1. The average molecular weight is 170 g/mol. The van der Waals surface area contributed by atoms with Crippen molar-refractivity contribution < 1.29 is 14.6 Å². The maximum absolute atomic E-state index is 11.6. The summed E-state index contributed by atoms with van der Waals surface area (Å²) >= 11 is 0. The molecular weight excluding hydrogens is 156 g/mol. The van der Waals surface area contributed by atoms with Crippen molar-refractivity contribution in [3.63, 3.8) is 0 Å². The van der Waals surface area contributed by atoms with Crippen LogP contribution in [0.15, 0.2) is 12.2 Å². The molecule has 0 aromatic carbocycles. The van der Waals surface area contributed by atoms with Crippen molar-refractivity contribution in [2.24, 2.45) is 5.92 Å². The summed E-state index contributed by atoms with van der Waals surface area (Å²) in [6.07, 6.45) is 0. The van der Waals surface area contributed by atoms with E-state index in [0.717, 1.165) is 0 Å². The van der Waals surface area contributed by atoms with Crippen molar-refractivity contribution in [1.29, 1.82) is 0 Å². The molecule has 1 saturated heterocycles. The summed E-state index contributed by atoms with van der Waals surface area (Å²) < 4.78 is 0. The van der Waals surface area contributed by atoms with Crippen LogP contribution in [0.5, 0.6) is 0 Å². The van der Waals surface area contributed by atoms with E-state index in [2.05, 4.69) is 6.58 Å². The number of Topliss-reactive ketones (excluding diaryl/α,β-unsaturated/α-hetero) is 1. The Morgan fingerprint density at radius 1 is 1.67 bits per heavy atom. The van der Waals surface area contributed by atoms with Crippen LogP contribution in [0.1, 0.15) is 20.8 Å². The molecule has 2 atom stereocenters. The molecule has 12 heavy (non-hydrogen) atoms. The van der Waals surface area contributed by atoms with Crippen molar-refractivity contribution in [3.8, 4) is 0 Å². The summed E-state index contributed by atoms with van der Waals surface area (Å²) in [5.41, 5.74) is -0.318. The van der Waals surface area contributed by atoms with Gasteiger partial charge in [-0.15, -0.1) is 0 Å². The average Bonchev–Trinajstić information content (AvgIpc) is 2.32. The smallest absolute Gasteiger partial charge is 0.193 e. The molecule has 1 fully saturated rings. The number of hydrogen-bond donors (Lipinski definition) is 0. The zero-order chi connectivity index (χ0) is 9.35. The number of hydrogen-bond acceptors (Lipinski definition) is 3. The van der Waals surface area contributed by atoms with Crippen LogP contribution in [0.4, 0.5) is 0 Å². The van der Waals surface area contributed by atoms with Gasteiger partial charge in [-0.25, -0.2) is 9.78 Å². The molecule has 1 aliphatic rings. The fraction of sp³-hybridized carbons (Fsp3) is 0.667. The molecule has 3 heteroatoms. The fourth-order valence-electron chi connectivity index (χ4n) is 1.18. The number of rotatable bonds is 2. The zero-order valence-corrected chi connectivity index (χ0v) is 7.72. The van der Waals surface area contributed by atoms with Crippen LogP contribution in [0.3, 0.4) is 0 Å². The molecule has 0 saturated carbocycles. The standard InChI is InChI=1S/C9H14O3/c1-6(2)8(10)9(4)7(3)5-11-12-9/h7H,1,5H2,2-4H3. The minimum Gasteiger partial charge on any atom is -0.291 e. The first kappa shape index (κ1) is 9.42. The topological polar surface area (TPSA) is 35.5 Å². The van der Waals surface area contributed by atoms with Gasteiger partial charge in [-0.1, -0.05) is 13.5 Å². The molecule has 1 heterocycles. The zero-order valence-electron chi connectivity index (χ0n) is 7.72. The summed E-state index contributed by atoms with van der Waals surface area (Å²) in [6.45, 7) is 9.41. The van der Waals surface area contributed by atoms with E-state index in [1.165, 1.54) is 0 Å². The second kappa shape index (κ2) is 2.99. The Hall–Kier alpha value is -0.670. The molecule has 3 nitrogen and oxygen atoms in total. The lowest BCUT2D eigenvalue weighted by Gasteiger charge is -2.22. The molecule has 1 rings (SSSR count). The molecule has 0 N–H and O–H groups in total. The summed E-state index contributed by atoms with van der Waals surface area (Å²) in [6, 6.07) is 0. The van der Waals surface area contributed by atoms with Crippen molar-refractivity contribution in [1.82, 2.24) is 0 Å². The number of carbonyl (C=O) groups is 1. The van der Waals surface area contributed by atoms with Gasteiger partial charge in [0, 0.05) is 5.92 Å². The minimum absolute atomic E-state index is 0.0764. The van der Waals surface area contributed by atoms with Gasteiger partial charge < -0.3 is 0 Å². The predicted molar refractivity (Wildman–Crippen MR) is 44.4 cm³/mol. The molecule has 68 valence electrons. The van der Waals surface area contributed by atoms with Crippen LogP contribution in [0, 0.1) is 5.92 Å². The second-order valence-corrected chi connectivity index (χ2v) is 3.49. The van der Waals surface area contributed by atoms with Gasteiger partial charge >= 0.3 is 0 Å². The Balaban J connectivity index is 2.84. The van der Waals surface area contributed by atoms with Gasteiger partial charge in [0.1, 0.15) is 0 Å². The molecule has 1 aliphatic heterocycles. The first-order valence-electron chi connectivity index (χ1n) is 3.99. The molecule has 0 amide bonds. The van der Waals surface area contributed by atoms with Crippen LogP contribution in [0.2, 0.25) is 0 Å². The van der Waals surface area contributed by atoms with Crippen LogP contribution < -0.4 is 0 Å². The highest BCUT2D eigenvalue weighted by Crippen LogP contribution is 2.31. The first-order valence-corrected chi connectivity index (χ1v) is 3.99. The highest BCUT2D eigenvalue weighted by atomic mass is 17.2. The van der Waals surface area contributed by atoms with E-state index in [4.69, 9.17) is 9.78 Å². The lowest BCUT2D eigenvalue weighted by atomic mass is 9.85. The molecular formula is C9H14O3. The van der Waals surface area contributed by atoms with Gasteiger partial charge in [-0.05, 0) is 19.4 Å². The summed E-state index contributed by atoms with van der Waals surface area (Å²) in [4.78, 5) is 21.3.